The number of carbonyl (C=O) groups excluding carboxylic acids is 1. The normalized spacial score (nSPS) is 10.7. The largest absolute Gasteiger partial charge is 0.382 e. The van der Waals surface area contributed by atoms with Crippen LogP contribution in [0.4, 0.5) is 10.9 Å². The first-order valence-corrected chi connectivity index (χ1v) is 7.37. The lowest BCUT2D eigenvalue weighted by molar-refractivity contribution is 0.0955. The Kier molecular flexibility index (Phi) is 6.58. The second-order valence-corrected chi connectivity index (χ2v) is 5.31. The predicted octanol–water partition coefficient (Wildman–Crippen LogP) is 1.23. The Morgan fingerprint density at radius 1 is 1.42 bits per heavy atom. The predicted molar refractivity (Wildman–Crippen MR) is 80.8 cm³/mol. The van der Waals surface area contributed by atoms with Gasteiger partial charge in [0.2, 0.25) is 0 Å². The zero-order valence-corrected chi connectivity index (χ0v) is 12.6. The minimum Gasteiger partial charge on any atom is -0.382 e. The van der Waals surface area contributed by atoms with E-state index in [4.69, 9.17) is 5.73 Å². The average molecular weight is 285 g/mol. The van der Waals surface area contributed by atoms with Gasteiger partial charge in [0.25, 0.3) is 5.91 Å². The van der Waals surface area contributed by atoms with E-state index in [0.29, 0.717) is 22.4 Å². The molecule has 0 aliphatic rings. The van der Waals surface area contributed by atoms with Crippen molar-refractivity contribution in [1.29, 1.82) is 0 Å². The number of nitrogens with one attached hydrogen (secondary N) is 2. The summed E-state index contributed by atoms with van der Waals surface area (Å²) in [4.78, 5) is 18.7. The van der Waals surface area contributed by atoms with Crippen molar-refractivity contribution < 1.29 is 4.79 Å². The zero-order chi connectivity index (χ0) is 14.3. The highest BCUT2D eigenvalue weighted by molar-refractivity contribution is 7.18. The molecule has 1 aromatic heterocycles. The smallest absolute Gasteiger partial charge is 0.265 e. The third kappa shape index (κ3) is 5.04. The quantitative estimate of drug-likeness (QED) is 0.669. The van der Waals surface area contributed by atoms with Crippen molar-refractivity contribution in [3.05, 3.63) is 4.88 Å². The lowest BCUT2D eigenvalue weighted by Gasteiger charge is -2.13. The number of likely N-dealkylation sites (N-methyl/N-ethyl adjacent to an activating group) is 1. The summed E-state index contributed by atoms with van der Waals surface area (Å²) in [5.41, 5.74) is 5.76. The molecule has 0 bridgehead atoms. The van der Waals surface area contributed by atoms with Crippen LogP contribution in [0.2, 0.25) is 0 Å². The molecular formula is C12H23N5OS. The summed E-state index contributed by atoms with van der Waals surface area (Å²) in [6.45, 7) is 7.37. The molecule has 0 saturated heterocycles. The number of thiazole rings is 1. The van der Waals surface area contributed by atoms with Gasteiger partial charge in [-0.25, -0.2) is 4.98 Å². The topological polar surface area (TPSA) is 83.3 Å². The first-order valence-electron chi connectivity index (χ1n) is 6.55. The molecule has 0 spiro atoms. The first-order chi connectivity index (χ1) is 9.08. The zero-order valence-electron chi connectivity index (χ0n) is 11.8. The van der Waals surface area contributed by atoms with Crippen molar-refractivity contribution in [2.24, 2.45) is 0 Å². The molecule has 1 rings (SSSR count). The number of anilines is 2. The number of nitrogens with two attached hydrogens (primary N) is 1. The van der Waals surface area contributed by atoms with Crippen LogP contribution in [-0.4, -0.2) is 49.0 Å². The fourth-order valence-electron chi connectivity index (χ4n) is 1.40. The maximum atomic E-state index is 12.0. The van der Waals surface area contributed by atoms with Gasteiger partial charge in [-0.3, -0.25) is 4.79 Å². The Balaban J connectivity index is 2.49. The van der Waals surface area contributed by atoms with Crippen LogP contribution < -0.4 is 16.4 Å². The highest BCUT2D eigenvalue weighted by Gasteiger charge is 2.15. The number of amides is 1. The lowest BCUT2D eigenvalue weighted by Crippen LogP contribution is -2.32. The molecule has 7 heteroatoms. The SMILES string of the molecule is CCCNc1nc(N)c(C(=O)NCCN(C)CC)s1. The molecule has 19 heavy (non-hydrogen) atoms. The minimum atomic E-state index is -0.149. The van der Waals surface area contributed by atoms with Crippen LogP contribution in [0.25, 0.3) is 0 Å². The molecule has 4 N–H and O–H groups in total. The standard InChI is InChI=1S/C12H23N5OS/c1-4-6-15-12-16-10(13)9(19-12)11(18)14-7-8-17(3)5-2/h4-8,13H2,1-3H3,(H,14,18)(H,15,16). The summed E-state index contributed by atoms with van der Waals surface area (Å²) in [6.07, 6.45) is 1.00. The molecule has 0 aliphatic carbocycles. The van der Waals surface area contributed by atoms with Crippen LogP contribution in [0, 0.1) is 0 Å². The van der Waals surface area contributed by atoms with Gasteiger partial charge in [0.1, 0.15) is 10.7 Å². The van der Waals surface area contributed by atoms with E-state index in [1.165, 1.54) is 11.3 Å². The maximum absolute atomic E-state index is 12.0. The first kappa shape index (κ1) is 15.7. The summed E-state index contributed by atoms with van der Waals surface area (Å²) in [5, 5.41) is 6.69. The highest BCUT2D eigenvalue weighted by Crippen LogP contribution is 2.24. The number of hydrogen-bond donors (Lipinski definition) is 3. The molecule has 0 atom stereocenters. The van der Waals surface area contributed by atoms with Gasteiger partial charge >= 0.3 is 0 Å². The Bertz CT molecular complexity index is 407. The van der Waals surface area contributed by atoms with Gasteiger partial charge in [-0.15, -0.1) is 0 Å². The summed E-state index contributed by atoms with van der Waals surface area (Å²) in [6, 6.07) is 0. The van der Waals surface area contributed by atoms with Crippen LogP contribution in [0.3, 0.4) is 0 Å². The fraction of sp³-hybridized carbons (Fsp3) is 0.667. The van der Waals surface area contributed by atoms with E-state index in [-0.39, 0.29) is 5.91 Å². The molecule has 0 fully saturated rings. The van der Waals surface area contributed by atoms with E-state index < -0.39 is 0 Å². The highest BCUT2D eigenvalue weighted by atomic mass is 32.1. The molecular weight excluding hydrogens is 262 g/mol. The van der Waals surface area contributed by atoms with E-state index in [1.807, 2.05) is 7.05 Å². The van der Waals surface area contributed by atoms with E-state index in [9.17, 15) is 4.79 Å². The van der Waals surface area contributed by atoms with Crippen molar-refractivity contribution >= 4 is 28.2 Å². The average Bonchev–Trinajstić information content (AvgIpc) is 2.77. The van der Waals surface area contributed by atoms with Crippen molar-refractivity contribution in [3.63, 3.8) is 0 Å². The Morgan fingerprint density at radius 2 is 2.16 bits per heavy atom. The molecule has 0 unspecified atom stereocenters. The van der Waals surface area contributed by atoms with Gasteiger partial charge in [0.05, 0.1) is 0 Å². The molecule has 0 aromatic carbocycles. The van der Waals surface area contributed by atoms with Gasteiger partial charge < -0.3 is 21.3 Å². The van der Waals surface area contributed by atoms with Gasteiger partial charge in [-0.1, -0.05) is 25.2 Å². The van der Waals surface area contributed by atoms with Crippen LogP contribution in [0.1, 0.15) is 29.9 Å². The van der Waals surface area contributed by atoms with Crippen LogP contribution in [0.15, 0.2) is 0 Å². The van der Waals surface area contributed by atoms with Gasteiger partial charge in [-0.2, -0.15) is 0 Å². The van der Waals surface area contributed by atoms with Crippen molar-refractivity contribution in [2.45, 2.75) is 20.3 Å². The third-order valence-corrected chi connectivity index (χ3v) is 3.73. The molecule has 0 saturated carbocycles. The van der Waals surface area contributed by atoms with E-state index in [1.54, 1.807) is 0 Å². The summed E-state index contributed by atoms with van der Waals surface area (Å²) in [7, 11) is 2.01. The van der Waals surface area contributed by atoms with E-state index in [0.717, 1.165) is 26.1 Å². The molecule has 108 valence electrons. The Morgan fingerprint density at radius 3 is 2.79 bits per heavy atom. The number of hydrogen-bond acceptors (Lipinski definition) is 6. The van der Waals surface area contributed by atoms with Crippen molar-refractivity contribution in [2.75, 3.05) is 44.3 Å². The van der Waals surface area contributed by atoms with Crippen molar-refractivity contribution in [3.8, 4) is 0 Å². The second kappa shape index (κ2) is 7.96. The van der Waals surface area contributed by atoms with E-state index in [2.05, 4.69) is 34.4 Å². The second-order valence-electron chi connectivity index (χ2n) is 4.31. The molecule has 1 heterocycles. The minimum absolute atomic E-state index is 0.149. The summed E-state index contributed by atoms with van der Waals surface area (Å²) < 4.78 is 0. The van der Waals surface area contributed by atoms with Gasteiger partial charge in [0, 0.05) is 19.6 Å². The number of aromatic nitrogens is 1. The third-order valence-electron chi connectivity index (χ3n) is 2.70. The van der Waals surface area contributed by atoms with Crippen molar-refractivity contribution in [1.82, 2.24) is 15.2 Å². The van der Waals surface area contributed by atoms with Crippen LogP contribution in [0.5, 0.6) is 0 Å². The maximum Gasteiger partial charge on any atom is 0.265 e. The number of rotatable bonds is 8. The molecule has 1 aromatic rings. The molecule has 6 nitrogen and oxygen atoms in total. The number of nitrogens with zero attached hydrogens (tertiary/aromatic N) is 2. The lowest BCUT2D eigenvalue weighted by atomic mass is 10.4. The fourth-order valence-corrected chi connectivity index (χ4v) is 2.23. The molecule has 0 aliphatic heterocycles. The summed E-state index contributed by atoms with van der Waals surface area (Å²) >= 11 is 1.30. The van der Waals surface area contributed by atoms with Gasteiger partial charge in [-0.05, 0) is 20.0 Å². The van der Waals surface area contributed by atoms with Crippen LogP contribution >= 0.6 is 11.3 Å². The van der Waals surface area contributed by atoms with E-state index >= 15 is 0 Å². The molecule has 1 amide bonds. The van der Waals surface area contributed by atoms with Gasteiger partial charge in [0.15, 0.2) is 5.13 Å². The monoisotopic (exact) mass is 285 g/mol. The Hall–Kier alpha value is -1.34. The Labute approximate surface area is 118 Å². The summed E-state index contributed by atoms with van der Waals surface area (Å²) in [5.74, 6) is 0.147. The number of carbonyl (C=O) groups is 1. The number of nitrogen functional groups attached to an aromatic ring is 1. The van der Waals surface area contributed by atoms with Crippen LogP contribution in [-0.2, 0) is 0 Å². The molecule has 0 radical (unpaired) electrons.